The Balaban J connectivity index is 2.72. The van der Waals surface area contributed by atoms with Crippen molar-refractivity contribution < 1.29 is 4.39 Å². The van der Waals surface area contributed by atoms with E-state index in [4.69, 9.17) is 0 Å². The third kappa shape index (κ3) is 2.48. The number of rotatable bonds is 3. The minimum absolute atomic E-state index is 0.210. The lowest BCUT2D eigenvalue weighted by atomic mass is 10.3. The van der Waals surface area contributed by atoms with E-state index in [-0.39, 0.29) is 5.82 Å². The topological polar surface area (TPSA) is 12.0 Å². The molecule has 1 rings (SSSR count). The zero-order valence-corrected chi connectivity index (χ0v) is 8.49. The molecule has 0 saturated heterocycles. The van der Waals surface area contributed by atoms with Gasteiger partial charge in [-0.3, -0.25) is 0 Å². The summed E-state index contributed by atoms with van der Waals surface area (Å²) in [6.45, 7) is 2.85. The van der Waals surface area contributed by atoms with Crippen molar-refractivity contribution in [1.29, 1.82) is 0 Å². The first-order valence-corrected chi connectivity index (χ1v) is 4.72. The van der Waals surface area contributed by atoms with Crippen LogP contribution in [0.1, 0.15) is 13.3 Å². The van der Waals surface area contributed by atoms with E-state index >= 15 is 0 Å². The van der Waals surface area contributed by atoms with Crippen molar-refractivity contribution in [2.45, 2.75) is 13.3 Å². The Labute approximate surface area is 80.1 Å². The average Bonchev–Trinajstić information content (AvgIpc) is 2.03. The number of halogens is 2. The van der Waals surface area contributed by atoms with Crippen LogP contribution in [0.15, 0.2) is 22.7 Å². The van der Waals surface area contributed by atoms with Gasteiger partial charge >= 0.3 is 0 Å². The second-order valence-electron chi connectivity index (χ2n) is 2.55. The number of anilines is 1. The monoisotopic (exact) mass is 231 g/mol. The second-order valence-corrected chi connectivity index (χ2v) is 3.47. The molecule has 0 radical (unpaired) electrons. The minimum Gasteiger partial charge on any atom is -0.383 e. The van der Waals surface area contributed by atoms with Crippen molar-refractivity contribution in [1.82, 2.24) is 0 Å². The molecule has 0 spiro atoms. The van der Waals surface area contributed by atoms with Crippen LogP contribution in [0.4, 0.5) is 10.1 Å². The predicted molar refractivity (Wildman–Crippen MR) is 52.9 cm³/mol. The van der Waals surface area contributed by atoms with Crippen LogP contribution in [-0.2, 0) is 0 Å². The maximum Gasteiger partial charge on any atom is 0.147 e. The summed E-state index contributed by atoms with van der Waals surface area (Å²) in [6, 6.07) is 5.01. The van der Waals surface area contributed by atoms with Crippen molar-refractivity contribution in [2.24, 2.45) is 0 Å². The van der Waals surface area contributed by atoms with E-state index < -0.39 is 0 Å². The molecule has 1 aromatic rings. The summed E-state index contributed by atoms with van der Waals surface area (Å²) in [5.41, 5.74) is 0.569. The van der Waals surface area contributed by atoms with Gasteiger partial charge in [0.2, 0.25) is 0 Å². The maximum absolute atomic E-state index is 13.1. The van der Waals surface area contributed by atoms with Crippen molar-refractivity contribution >= 4 is 21.6 Å². The van der Waals surface area contributed by atoms with Gasteiger partial charge in [0, 0.05) is 11.0 Å². The van der Waals surface area contributed by atoms with Gasteiger partial charge in [-0.25, -0.2) is 4.39 Å². The summed E-state index contributed by atoms with van der Waals surface area (Å²) < 4.78 is 13.8. The molecule has 66 valence electrons. The first-order valence-electron chi connectivity index (χ1n) is 3.93. The largest absolute Gasteiger partial charge is 0.383 e. The Morgan fingerprint density at radius 2 is 2.25 bits per heavy atom. The summed E-state index contributed by atoms with van der Waals surface area (Å²) in [7, 11) is 0. The molecule has 0 saturated carbocycles. The Bertz CT molecular complexity index is 263. The summed E-state index contributed by atoms with van der Waals surface area (Å²) in [5.74, 6) is -0.210. The number of hydrogen-bond donors (Lipinski definition) is 1. The van der Waals surface area contributed by atoms with Crippen LogP contribution >= 0.6 is 15.9 Å². The van der Waals surface area contributed by atoms with Crippen LogP contribution in [0.3, 0.4) is 0 Å². The molecular formula is C9H11BrFN. The fourth-order valence-electron chi connectivity index (χ4n) is 0.893. The van der Waals surface area contributed by atoms with Crippen LogP contribution in [0, 0.1) is 5.82 Å². The van der Waals surface area contributed by atoms with Crippen LogP contribution in [0.25, 0.3) is 0 Å². The van der Waals surface area contributed by atoms with Gasteiger partial charge in [0.1, 0.15) is 5.82 Å². The molecule has 0 fully saturated rings. The van der Waals surface area contributed by atoms with E-state index in [0.717, 1.165) is 17.4 Å². The second kappa shape index (κ2) is 4.45. The molecule has 0 heterocycles. The normalized spacial score (nSPS) is 9.92. The lowest BCUT2D eigenvalue weighted by molar-refractivity contribution is 0.629. The fraction of sp³-hybridized carbons (Fsp3) is 0.333. The Kier molecular flexibility index (Phi) is 3.53. The van der Waals surface area contributed by atoms with Crippen LogP contribution < -0.4 is 5.32 Å². The van der Waals surface area contributed by atoms with Gasteiger partial charge in [-0.1, -0.05) is 22.9 Å². The fourth-order valence-corrected chi connectivity index (χ4v) is 1.23. The van der Waals surface area contributed by atoms with Crippen molar-refractivity contribution in [2.75, 3.05) is 11.9 Å². The molecule has 0 aliphatic rings. The Morgan fingerprint density at radius 3 is 2.83 bits per heavy atom. The van der Waals surface area contributed by atoms with Crippen molar-refractivity contribution in [3.8, 4) is 0 Å². The molecule has 3 heteroatoms. The summed E-state index contributed by atoms with van der Waals surface area (Å²) in [4.78, 5) is 0. The summed E-state index contributed by atoms with van der Waals surface area (Å²) in [6.07, 6.45) is 0.996. The molecule has 0 bridgehead atoms. The maximum atomic E-state index is 13.1. The van der Waals surface area contributed by atoms with Crippen molar-refractivity contribution in [3.05, 3.63) is 28.5 Å². The lowest BCUT2D eigenvalue weighted by Gasteiger charge is -2.05. The molecule has 1 nitrogen and oxygen atoms in total. The molecule has 0 aromatic heterocycles. The van der Waals surface area contributed by atoms with Gasteiger partial charge in [0.15, 0.2) is 0 Å². The first-order chi connectivity index (χ1) is 5.74. The zero-order valence-electron chi connectivity index (χ0n) is 6.90. The van der Waals surface area contributed by atoms with Gasteiger partial charge < -0.3 is 5.32 Å². The quantitative estimate of drug-likeness (QED) is 0.841. The minimum atomic E-state index is -0.210. The highest BCUT2D eigenvalue weighted by atomic mass is 79.9. The van der Waals surface area contributed by atoms with Crippen LogP contribution in [0.5, 0.6) is 0 Å². The van der Waals surface area contributed by atoms with Crippen LogP contribution in [0.2, 0.25) is 0 Å². The molecule has 0 aliphatic heterocycles. The Morgan fingerprint density at radius 1 is 1.50 bits per heavy atom. The first kappa shape index (κ1) is 9.52. The van der Waals surface area contributed by atoms with E-state index in [1.54, 1.807) is 6.07 Å². The molecular weight excluding hydrogens is 221 g/mol. The number of nitrogens with one attached hydrogen (secondary N) is 1. The molecule has 0 unspecified atom stereocenters. The molecule has 1 aromatic carbocycles. The SMILES string of the molecule is CCCNc1ccc(Br)cc1F. The summed E-state index contributed by atoms with van der Waals surface area (Å²) in [5, 5.41) is 2.99. The average molecular weight is 232 g/mol. The molecule has 0 amide bonds. The van der Waals surface area contributed by atoms with Gasteiger partial charge in [-0.15, -0.1) is 0 Å². The third-order valence-electron chi connectivity index (χ3n) is 1.50. The third-order valence-corrected chi connectivity index (χ3v) is 1.99. The van der Waals surface area contributed by atoms with E-state index in [9.17, 15) is 4.39 Å². The van der Waals surface area contributed by atoms with E-state index in [1.165, 1.54) is 6.07 Å². The van der Waals surface area contributed by atoms with Crippen LogP contribution in [-0.4, -0.2) is 6.54 Å². The standard InChI is InChI=1S/C9H11BrFN/c1-2-5-12-9-4-3-7(10)6-8(9)11/h3-4,6,12H,2,5H2,1H3. The van der Waals surface area contributed by atoms with Gasteiger partial charge in [0.05, 0.1) is 5.69 Å². The highest BCUT2D eigenvalue weighted by Crippen LogP contribution is 2.18. The van der Waals surface area contributed by atoms with E-state index in [0.29, 0.717) is 5.69 Å². The highest BCUT2D eigenvalue weighted by Gasteiger charge is 1.99. The molecule has 0 atom stereocenters. The van der Waals surface area contributed by atoms with E-state index in [1.807, 2.05) is 13.0 Å². The number of hydrogen-bond acceptors (Lipinski definition) is 1. The highest BCUT2D eigenvalue weighted by molar-refractivity contribution is 9.10. The predicted octanol–water partition coefficient (Wildman–Crippen LogP) is 3.41. The van der Waals surface area contributed by atoms with Crippen molar-refractivity contribution in [3.63, 3.8) is 0 Å². The van der Waals surface area contributed by atoms with E-state index in [2.05, 4.69) is 21.2 Å². The van der Waals surface area contributed by atoms with Gasteiger partial charge in [0.25, 0.3) is 0 Å². The summed E-state index contributed by atoms with van der Waals surface area (Å²) >= 11 is 3.20. The smallest absolute Gasteiger partial charge is 0.147 e. The molecule has 0 aliphatic carbocycles. The number of benzene rings is 1. The van der Waals surface area contributed by atoms with Gasteiger partial charge in [-0.05, 0) is 24.6 Å². The Hall–Kier alpha value is -0.570. The molecule has 12 heavy (non-hydrogen) atoms. The van der Waals surface area contributed by atoms with Gasteiger partial charge in [-0.2, -0.15) is 0 Å². The lowest BCUT2D eigenvalue weighted by Crippen LogP contribution is -2.01. The zero-order chi connectivity index (χ0) is 8.97. The molecule has 1 N–H and O–H groups in total.